The van der Waals surface area contributed by atoms with E-state index in [-0.39, 0.29) is 24.1 Å². The molecule has 122 valence electrons. The van der Waals surface area contributed by atoms with Gasteiger partial charge >= 0.3 is 5.97 Å². The fourth-order valence-electron chi connectivity index (χ4n) is 2.92. The van der Waals surface area contributed by atoms with Gasteiger partial charge in [-0.05, 0) is 37.8 Å². The summed E-state index contributed by atoms with van der Waals surface area (Å²) in [5.74, 6) is -0.152. The smallest absolute Gasteiger partial charge is 0.303 e. The molecule has 0 saturated carbocycles. The molecule has 0 bridgehead atoms. The zero-order chi connectivity index (χ0) is 16.2. The number of carboxylic acid groups (broad SMARTS) is 1. The zero-order valence-electron chi connectivity index (χ0n) is 12.6. The van der Waals surface area contributed by atoms with Crippen LogP contribution in [0.5, 0.6) is 0 Å². The third-order valence-corrected chi connectivity index (χ3v) is 4.07. The molecule has 1 fully saturated rings. The fourth-order valence-corrected chi connectivity index (χ4v) is 2.92. The average molecular weight is 318 g/mol. The summed E-state index contributed by atoms with van der Waals surface area (Å²) in [7, 11) is 0. The number of nitrogens with zero attached hydrogens (tertiary/aromatic N) is 2. The molecule has 7 heteroatoms. The van der Waals surface area contributed by atoms with Crippen LogP contribution in [0.2, 0.25) is 0 Å². The maximum absolute atomic E-state index is 12.7. The zero-order valence-corrected chi connectivity index (χ0v) is 12.6. The van der Waals surface area contributed by atoms with Crippen LogP contribution in [0.4, 0.5) is 0 Å². The molecule has 1 N–H and O–H groups in total. The van der Waals surface area contributed by atoms with Crippen molar-refractivity contribution in [3.63, 3.8) is 0 Å². The van der Waals surface area contributed by atoms with E-state index >= 15 is 0 Å². The van der Waals surface area contributed by atoms with Gasteiger partial charge in [-0.15, -0.1) is 0 Å². The van der Waals surface area contributed by atoms with Gasteiger partial charge in [0, 0.05) is 25.1 Å². The van der Waals surface area contributed by atoms with Gasteiger partial charge < -0.3 is 18.9 Å². The Morgan fingerprint density at radius 3 is 2.96 bits per heavy atom. The van der Waals surface area contributed by atoms with Crippen molar-refractivity contribution in [2.45, 2.75) is 38.1 Å². The van der Waals surface area contributed by atoms with Crippen molar-refractivity contribution in [2.24, 2.45) is 0 Å². The molecule has 2 aromatic rings. The van der Waals surface area contributed by atoms with Crippen LogP contribution in [-0.2, 0) is 4.79 Å². The molecule has 0 spiro atoms. The van der Waals surface area contributed by atoms with Crippen molar-refractivity contribution in [3.8, 4) is 11.5 Å². The largest absolute Gasteiger partial charge is 0.481 e. The number of aliphatic carboxylic acids is 1. The normalized spacial score (nSPS) is 18.1. The molecule has 3 heterocycles. The average Bonchev–Trinajstić information content (AvgIpc) is 3.23. The number of furan rings is 1. The van der Waals surface area contributed by atoms with Crippen LogP contribution in [0.1, 0.15) is 42.6 Å². The second-order valence-corrected chi connectivity index (χ2v) is 5.63. The van der Waals surface area contributed by atoms with E-state index in [1.807, 2.05) is 0 Å². The minimum atomic E-state index is -0.843. The van der Waals surface area contributed by atoms with E-state index in [1.54, 1.807) is 23.1 Å². The SMILES string of the molecule is O=C(O)CCC1CCCCN1C(=O)c1cc(-c2ccco2)on1. The molecule has 2 aromatic heterocycles. The molecule has 1 aliphatic rings. The minimum absolute atomic E-state index is 0.0592. The Kier molecular flexibility index (Phi) is 4.45. The van der Waals surface area contributed by atoms with E-state index in [1.165, 1.54) is 6.26 Å². The van der Waals surface area contributed by atoms with Crippen molar-refractivity contribution in [3.05, 3.63) is 30.2 Å². The standard InChI is InChI=1S/C16H18N2O5/c19-15(20)7-6-11-4-1-2-8-18(11)16(21)12-10-14(23-17-12)13-5-3-9-22-13/h3,5,9-11H,1-2,4,6-8H2,(H,19,20). The number of carboxylic acids is 1. The number of likely N-dealkylation sites (tertiary alicyclic amines) is 1. The van der Waals surface area contributed by atoms with Crippen LogP contribution in [0.3, 0.4) is 0 Å². The highest BCUT2D eigenvalue weighted by Crippen LogP contribution is 2.25. The number of aromatic nitrogens is 1. The van der Waals surface area contributed by atoms with Gasteiger partial charge in [0.2, 0.25) is 5.76 Å². The molecule has 0 aromatic carbocycles. The van der Waals surface area contributed by atoms with Crippen LogP contribution in [-0.4, -0.2) is 39.6 Å². The van der Waals surface area contributed by atoms with Crippen molar-refractivity contribution < 1.29 is 23.6 Å². The van der Waals surface area contributed by atoms with Crippen molar-refractivity contribution in [1.29, 1.82) is 0 Å². The maximum atomic E-state index is 12.7. The quantitative estimate of drug-likeness (QED) is 0.910. The summed E-state index contributed by atoms with van der Waals surface area (Å²) < 4.78 is 10.4. The van der Waals surface area contributed by atoms with E-state index in [0.29, 0.717) is 24.5 Å². The number of hydrogen-bond acceptors (Lipinski definition) is 5. The molecule has 7 nitrogen and oxygen atoms in total. The topological polar surface area (TPSA) is 96.8 Å². The second-order valence-electron chi connectivity index (χ2n) is 5.63. The van der Waals surface area contributed by atoms with Gasteiger partial charge in [0.05, 0.1) is 6.26 Å². The van der Waals surface area contributed by atoms with E-state index in [0.717, 1.165) is 19.3 Å². The first-order valence-electron chi connectivity index (χ1n) is 7.68. The molecule has 1 saturated heterocycles. The molecule has 3 rings (SSSR count). The third-order valence-electron chi connectivity index (χ3n) is 4.07. The highest BCUT2D eigenvalue weighted by atomic mass is 16.5. The van der Waals surface area contributed by atoms with Crippen molar-refractivity contribution in [2.75, 3.05) is 6.54 Å². The Morgan fingerprint density at radius 2 is 2.22 bits per heavy atom. The molecule has 1 atom stereocenters. The summed E-state index contributed by atoms with van der Waals surface area (Å²) in [4.78, 5) is 25.2. The summed E-state index contributed by atoms with van der Waals surface area (Å²) >= 11 is 0. The summed E-state index contributed by atoms with van der Waals surface area (Å²) in [6.45, 7) is 0.617. The highest BCUT2D eigenvalue weighted by molar-refractivity contribution is 5.93. The first kappa shape index (κ1) is 15.3. The lowest BCUT2D eigenvalue weighted by Crippen LogP contribution is -2.44. The fraction of sp³-hybridized carbons (Fsp3) is 0.438. The summed E-state index contributed by atoms with van der Waals surface area (Å²) in [6.07, 6.45) is 4.78. The van der Waals surface area contributed by atoms with Gasteiger partial charge in [-0.25, -0.2) is 0 Å². The van der Waals surface area contributed by atoms with E-state index < -0.39 is 5.97 Å². The Bertz CT molecular complexity index is 676. The predicted molar refractivity (Wildman–Crippen MR) is 79.8 cm³/mol. The van der Waals surface area contributed by atoms with E-state index in [4.69, 9.17) is 14.0 Å². The Morgan fingerprint density at radius 1 is 1.35 bits per heavy atom. The van der Waals surface area contributed by atoms with Crippen molar-refractivity contribution in [1.82, 2.24) is 10.1 Å². The maximum Gasteiger partial charge on any atom is 0.303 e. The lowest BCUT2D eigenvalue weighted by atomic mass is 9.97. The van der Waals surface area contributed by atoms with Crippen molar-refractivity contribution >= 4 is 11.9 Å². The molecule has 1 unspecified atom stereocenters. The van der Waals surface area contributed by atoms with E-state index in [2.05, 4.69) is 5.16 Å². The Hall–Kier alpha value is -2.57. The van der Waals surface area contributed by atoms with Crippen LogP contribution < -0.4 is 0 Å². The van der Waals surface area contributed by atoms with Gasteiger partial charge in [-0.2, -0.15) is 0 Å². The van der Waals surface area contributed by atoms with Crippen LogP contribution in [0.25, 0.3) is 11.5 Å². The van der Waals surface area contributed by atoms with Gasteiger partial charge in [-0.3, -0.25) is 9.59 Å². The van der Waals surface area contributed by atoms with Crippen LogP contribution >= 0.6 is 0 Å². The number of amides is 1. The van der Waals surface area contributed by atoms with Gasteiger partial charge in [0.15, 0.2) is 11.5 Å². The number of carbonyl (C=O) groups is 2. The second kappa shape index (κ2) is 6.68. The number of rotatable bonds is 5. The van der Waals surface area contributed by atoms with Crippen LogP contribution in [0.15, 0.2) is 33.4 Å². The lowest BCUT2D eigenvalue weighted by Gasteiger charge is -2.35. The molecule has 0 aliphatic carbocycles. The van der Waals surface area contributed by atoms with Crippen LogP contribution in [0, 0.1) is 0 Å². The minimum Gasteiger partial charge on any atom is -0.481 e. The third kappa shape index (κ3) is 3.44. The molecule has 23 heavy (non-hydrogen) atoms. The summed E-state index contributed by atoms with van der Waals surface area (Å²) in [5.41, 5.74) is 0.221. The first-order valence-corrected chi connectivity index (χ1v) is 7.68. The molecular weight excluding hydrogens is 300 g/mol. The number of hydrogen-bond donors (Lipinski definition) is 1. The monoisotopic (exact) mass is 318 g/mol. The Balaban J connectivity index is 1.73. The predicted octanol–water partition coefficient (Wildman–Crippen LogP) is 2.79. The molecule has 1 amide bonds. The van der Waals surface area contributed by atoms with E-state index in [9.17, 15) is 9.59 Å². The summed E-state index contributed by atoms with van der Waals surface area (Å²) in [6, 6.07) is 4.96. The molecule has 0 radical (unpaired) electrons. The van der Waals surface area contributed by atoms with Gasteiger partial charge in [0.1, 0.15) is 0 Å². The Labute approximate surface area is 132 Å². The molecule has 1 aliphatic heterocycles. The lowest BCUT2D eigenvalue weighted by molar-refractivity contribution is -0.137. The number of piperidine rings is 1. The van der Waals surface area contributed by atoms with Gasteiger partial charge in [0.25, 0.3) is 5.91 Å². The number of carbonyl (C=O) groups excluding carboxylic acids is 1. The van der Waals surface area contributed by atoms with Gasteiger partial charge in [-0.1, -0.05) is 5.16 Å². The molecular formula is C16H18N2O5. The summed E-state index contributed by atoms with van der Waals surface area (Å²) in [5, 5.41) is 12.7. The highest BCUT2D eigenvalue weighted by Gasteiger charge is 2.29. The first-order chi connectivity index (χ1) is 11.1.